The molecule has 0 aliphatic heterocycles. The number of carbonyl (C=O) groups is 3. The second-order valence-corrected chi connectivity index (χ2v) is 3.38. The van der Waals surface area contributed by atoms with E-state index in [-0.39, 0.29) is 5.97 Å². The number of methoxy groups -OCH3 is 1. The highest BCUT2D eigenvalue weighted by Crippen LogP contribution is 2.40. The fourth-order valence-corrected chi connectivity index (χ4v) is 1.26. The Balaban J connectivity index is 2.26. The summed E-state index contributed by atoms with van der Waals surface area (Å²) in [6.45, 7) is 1.57. The van der Waals surface area contributed by atoms with Crippen LogP contribution in [0.4, 0.5) is 0 Å². The molecule has 90 valence electrons. The van der Waals surface area contributed by atoms with Crippen molar-refractivity contribution in [3.8, 4) is 0 Å². The lowest BCUT2D eigenvalue weighted by Gasteiger charge is -2.02. The van der Waals surface area contributed by atoms with Crippen LogP contribution in [-0.4, -0.2) is 38.2 Å². The second-order valence-electron chi connectivity index (χ2n) is 3.38. The van der Waals surface area contributed by atoms with Crippen molar-refractivity contribution < 1.29 is 28.6 Å². The van der Waals surface area contributed by atoms with Crippen LogP contribution in [0.5, 0.6) is 0 Å². The van der Waals surface area contributed by atoms with Gasteiger partial charge in [0.25, 0.3) is 0 Å². The SMILES string of the molecule is CCOC(=O)C1CC1C(=O)OCC(=O)OC. The predicted molar refractivity (Wildman–Crippen MR) is 51.2 cm³/mol. The van der Waals surface area contributed by atoms with Crippen LogP contribution in [0.1, 0.15) is 13.3 Å². The highest BCUT2D eigenvalue weighted by molar-refractivity contribution is 5.88. The Bertz CT molecular complexity index is 298. The van der Waals surface area contributed by atoms with E-state index in [0.29, 0.717) is 13.0 Å². The van der Waals surface area contributed by atoms with Gasteiger partial charge in [0.15, 0.2) is 6.61 Å². The van der Waals surface area contributed by atoms with Gasteiger partial charge in [0.05, 0.1) is 25.6 Å². The van der Waals surface area contributed by atoms with E-state index in [1.165, 1.54) is 7.11 Å². The van der Waals surface area contributed by atoms with Crippen molar-refractivity contribution in [3.63, 3.8) is 0 Å². The Morgan fingerprint density at radius 2 is 1.69 bits per heavy atom. The van der Waals surface area contributed by atoms with E-state index < -0.39 is 30.4 Å². The molecular formula is C10H14O6. The first-order chi connectivity index (χ1) is 7.60. The first-order valence-corrected chi connectivity index (χ1v) is 5.00. The van der Waals surface area contributed by atoms with E-state index in [1.54, 1.807) is 6.92 Å². The van der Waals surface area contributed by atoms with Crippen molar-refractivity contribution in [1.29, 1.82) is 0 Å². The molecule has 1 aliphatic carbocycles. The number of hydrogen-bond donors (Lipinski definition) is 0. The summed E-state index contributed by atoms with van der Waals surface area (Å²) in [4.78, 5) is 33.2. The first kappa shape index (κ1) is 12.5. The molecule has 0 radical (unpaired) electrons. The van der Waals surface area contributed by atoms with Crippen LogP contribution in [0.25, 0.3) is 0 Å². The number of ether oxygens (including phenoxy) is 3. The quantitative estimate of drug-likeness (QED) is 0.485. The van der Waals surface area contributed by atoms with Gasteiger partial charge < -0.3 is 14.2 Å². The lowest BCUT2D eigenvalue weighted by Crippen LogP contribution is -2.18. The second kappa shape index (κ2) is 5.48. The summed E-state index contributed by atoms with van der Waals surface area (Å²) in [5.74, 6) is -2.44. The van der Waals surface area contributed by atoms with E-state index in [1.807, 2.05) is 0 Å². The molecule has 6 nitrogen and oxygen atoms in total. The predicted octanol–water partition coefficient (Wildman–Crippen LogP) is -0.0982. The molecule has 0 saturated heterocycles. The zero-order chi connectivity index (χ0) is 12.1. The van der Waals surface area contributed by atoms with Gasteiger partial charge in [-0.25, -0.2) is 4.79 Å². The maximum Gasteiger partial charge on any atom is 0.344 e. The van der Waals surface area contributed by atoms with Gasteiger partial charge in [-0.1, -0.05) is 0 Å². The van der Waals surface area contributed by atoms with Crippen LogP contribution in [-0.2, 0) is 28.6 Å². The Kier molecular flexibility index (Phi) is 4.28. The largest absolute Gasteiger partial charge is 0.466 e. The Hall–Kier alpha value is -1.59. The Morgan fingerprint density at radius 1 is 1.12 bits per heavy atom. The molecule has 1 aliphatic rings. The third-order valence-electron chi connectivity index (χ3n) is 2.24. The van der Waals surface area contributed by atoms with Gasteiger partial charge in [-0.3, -0.25) is 9.59 Å². The molecular weight excluding hydrogens is 216 g/mol. The summed E-state index contributed by atoms with van der Waals surface area (Å²) in [5.41, 5.74) is 0. The molecule has 2 atom stereocenters. The summed E-state index contributed by atoms with van der Waals surface area (Å²) in [6, 6.07) is 0. The van der Waals surface area contributed by atoms with E-state index in [2.05, 4.69) is 9.47 Å². The van der Waals surface area contributed by atoms with Gasteiger partial charge in [0, 0.05) is 0 Å². The maximum absolute atomic E-state index is 11.3. The molecule has 16 heavy (non-hydrogen) atoms. The van der Waals surface area contributed by atoms with Gasteiger partial charge in [0.1, 0.15) is 0 Å². The van der Waals surface area contributed by atoms with Gasteiger partial charge in [-0.05, 0) is 13.3 Å². The molecule has 0 aromatic carbocycles. The highest BCUT2D eigenvalue weighted by Gasteiger charge is 2.50. The van der Waals surface area contributed by atoms with Crippen LogP contribution in [0.3, 0.4) is 0 Å². The number of carbonyl (C=O) groups excluding carboxylic acids is 3. The third-order valence-corrected chi connectivity index (χ3v) is 2.24. The third kappa shape index (κ3) is 3.22. The molecule has 1 saturated carbocycles. The van der Waals surface area contributed by atoms with Gasteiger partial charge in [-0.2, -0.15) is 0 Å². The van der Waals surface area contributed by atoms with Crippen molar-refractivity contribution in [1.82, 2.24) is 0 Å². The van der Waals surface area contributed by atoms with E-state index in [4.69, 9.17) is 4.74 Å². The Labute approximate surface area is 92.8 Å². The summed E-state index contributed by atoms with van der Waals surface area (Å²) in [6.07, 6.45) is 0.429. The average Bonchev–Trinajstić information content (AvgIpc) is 3.05. The van der Waals surface area contributed by atoms with Crippen molar-refractivity contribution in [2.24, 2.45) is 11.8 Å². The minimum absolute atomic E-state index is 0.291. The first-order valence-electron chi connectivity index (χ1n) is 5.00. The lowest BCUT2D eigenvalue weighted by atomic mass is 10.3. The van der Waals surface area contributed by atoms with Crippen LogP contribution >= 0.6 is 0 Å². The molecule has 1 fully saturated rings. The van der Waals surface area contributed by atoms with E-state index in [0.717, 1.165) is 0 Å². The summed E-state index contributed by atoms with van der Waals surface area (Å²) >= 11 is 0. The number of hydrogen-bond acceptors (Lipinski definition) is 6. The van der Waals surface area contributed by atoms with Crippen molar-refractivity contribution in [2.45, 2.75) is 13.3 Å². The topological polar surface area (TPSA) is 78.9 Å². The number of esters is 3. The molecule has 0 spiro atoms. The van der Waals surface area contributed by atoms with E-state index in [9.17, 15) is 14.4 Å². The van der Waals surface area contributed by atoms with Crippen LogP contribution in [0.15, 0.2) is 0 Å². The van der Waals surface area contributed by atoms with Crippen molar-refractivity contribution in [3.05, 3.63) is 0 Å². The van der Waals surface area contributed by atoms with Crippen LogP contribution in [0, 0.1) is 11.8 Å². The molecule has 0 heterocycles. The molecule has 1 rings (SSSR count). The smallest absolute Gasteiger partial charge is 0.344 e. The van der Waals surface area contributed by atoms with Crippen LogP contribution < -0.4 is 0 Å². The maximum atomic E-state index is 11.3. The lowest BCUT2D eigenvalue weighted by molar-refractivity contribution is -0.159. The molecule has 2 unspecified atom stereocenters. The Morgan fingerprint density at radius 3 is 2.19 bits per heavy atom. The molecule has 0 bridgehead atoms. The summed E-state index contributed by atoms with van der Waals surface area (Å²) in [5, 5.41) is 0. The highest BCUT2D eigenvalue weighted by atomic mass is 16.6. The normalized spacial score (nSPS) is 22.1. The zero-order valence-electron chi connectivity index (χ0n) is 9.23. The standard InChI is InChI=1S/C10H14O6/c1-3-15-9(12)6-4-7(6)10(13)16-5-8(11)14-2/h6-7H,3-5H2,1-2H3. The zero-order valence-corrected chi connectivity index (χ0v) is 9.23. The molecule has 6 heteroatoms. The fourth-order valence-electron chi connectivity index (χ4n) is 1.26. The average molecular weight is 230 g/mol. The summed E-state index contributed by atoms with van der Waals surface area (Å²) in [7, 11) is 1.20. The van der Waals surface area contributed by atoms with Gasteiger partial charge in [0.2, 0.25) is 0 Å². The molecule has 0 N–H and O–H groups in total. The van der Waals surface area contributed by atoms with Gasteiger partial charge in [-0.15, -0.1) is 0 Å². The van der Waals surface area contributed by atoms with Gasteiger partial charge >= 0.3 is 17.9 Å². The van der Waals surface area contributed by atoms with Crippen LogP contribution in [0.2, 0.25) is 0 Å². The monoisotopic (exact) mass is 230 g/mol. The molecule has 0 aromatic heterocycles. The summed E-state index contributed by atoms with van der Waals surface area (Å²) < 4.78 is 13.7. The van der Waals surface area contributed by atoms with Crippen molar-refractivity contribution in [2.75, 3.05) is 20.3 Å². The fraction of sp³-hybridized carbons (Fsp3) is 0.700. The minimum Gasteiger partial charge on any atom is -0.466 e. The minimum atomic E-state index is -0.623. The number of rotatable bonds is 5. The molecule has 0 aromatic rings. The molecule has 0 amide bonds. The van der Waals surface area contributed by atoms with E-state index >= 15 is 0 Å². The van der Waals surface area contributed by atoms with Crippen molar-refractivity contribution >= 4 is 17.9 Å².